The second kappa shape index (κ2) is 5.64. The minimum atomic E-state index is -3.95. The molecule has 2 rings (SSSR count). The Bertz CT molecular complexity index is 737. The van der Waals surface area contributed by atoms with Crippen LogP contribution in [-0.4, -0.2) is 20.4 Å². The minimum Gasteiger partial charge on any atom is -0.372 e. The summed E-state index contributed by atoms with van der Waals surface area (Å²) in [4.78, 5) is 3.82. The van der Waals surface area contributed by atoms with Crippen molar-refractivity contribution in [3.05, 3.63) is 47.4 Å². The van der Waals surface area contributed by atoms with Crippen LogP contribution in [0.2, 0.25) is 5.02 Å². The molecule has 0 bridgehead atoms. The predicted molar refractivity (Wildman–Crippen MR) is 76.0 cm³/mol. The topological polar surface area (TPSA) is 71.1 Å². The van der Waals surface area contributed by atoms with Crippen LogP contribution in [0.4, 0.5) is 15.9 Å². The van der Waals surface area contributed by atoms with Gasteiger partial charge in [-0.3, -0.25) is 4.72 Å². The molecule has 0 fully saturated rings. The molecule has 2 aromatic rings. The lowest BCUT2D eigenvalue weighted by Crippen LogP contribution is -2.16. The van der Waals surface area contributed by atoms with Gasteiger partial charge in [-0.25, -0.2) is 17.8 Å². The third-order valence-corrected chi connectivity index (χ3v) is 4.10. The Morgan fingerprint density at radius 1 is 1.30 bits per heavy atom. The van der Waals surface area contributed by atoms with Gasteiger partial charge in [-0.15, -0.1) is 0 Å². The number of pyridine rings is 1. The average molecular weight is 316 g/mol. The van der Waals surface area contributed by atoms with E-state index in [9.17, 15) is 12.8 Å². The number of benzene rings is 1. The maximum atomic E-state index is 13.6. The summed E-state index contributed by atoms with van der Waals surface area (Å²) >= 11 is 5.62. The van der Waals surface area contributed by atoms with Gasteiger partial charge in [0.2, 0.25) is 0 Å². The number of nitrogens with zero attached hydrogens (tertiary/aromatic N) is 1. The van der Waals surface area contributed by atoms with Crippen molar-refractivity contribution in [3.63, 3.8) is 0 Å². The second-order valence-corrected chi connectivity index (χ2v) is 5.92. The predicted octanol–water partition coefficient (Wildman–Crippen LogP) is 2.72. The number of nitrogens with one attached hydrogen (secondary N) is 2. The molecule has 0 aliphatic carbocycles. The third kappa shape index (κ3) is 3.00. The fourth-order valence-electron chi connectivity index (χ4n) is 1.57. The molecule has 0 atom stereocenters. The first-order chi connectivity index (χ1) is 9.44. The molecule has 1 aromatic heterocycles. The fourth-order valence-corrected chi connectivity index (χ4v) is 2.96. The van der Waals surface area contributed by atoms with Crippen molar-refractivity contribution in [2.24, 2.45) is 0 Å². The van der Waals surface area contributed by atoms with Crippen LogP contribution in [0.25, 0.3) is 0 Å². The van der Waals surface area contributed by atoms with Crippen molar-refractivity contribution in [2.75, 3.05) is 17.1 Å². The van der Waals surface area contributed by atoms with Gasteiger partial charge in [0, 0.05) is 18.3 Å². The molecule has 0 radical (unpaired) electrons. The number of rotatable bonds is 4. The van der Waals surface area contributed by atoms with Gasteiger partial charge in [0.1, 0.15) is 16.5 Å². The van der Waals surface area contributed by atoms with E-state index in [0.29, 0.717) is 0 Å². The smallest absolute Gasteiger partial charge is 0.265 e. The van der Waals surface area contributed by atoms with E-state index in [0.717, 1.165) is 6.07 Å². The molecule has 0 saturated heterocycles. The molecule has 20 heavy (non-hydrogen) atoms. The maximum Gasteiger partial charge on any atom is 0.265 e. The van der Waals surface area contributed by atoms with Crippen LogP contribution >= 0.6 is 11.6 Å². The first kappa shape index (κ1) is 14.5. The molecule has 0 unspecified atom stereocenters. The van der Waals surface area contributed by atoms with Crippen LogP contribution in [0, 0.1) is 5.82 Å². The van der Waals surface area contributed by atoms with Gasteiger partial charge < -0.3 is 5.32 Å². The zero-order valence-electron chi connectivity index (χ0n) is 10.4. The fraction of sp³-hybridized carbons (Fsp3) is 0.0833. The van der Waals surface area contributed by atoms with Gasteiger partial charge in [0.25, 0.3) is 10.0 Å². The molecule has 0 aliphatic rings. The highest BCUT2D eigenvalue weighted by atomic mass is 35.5. The largest absolute Gasteiger partial charge is 0.372 e. The Hall–Kier alpha value is -1.86. The standard InChI is InChI=1S/C12H11ClFN3O2S/c1-15-12-11(3-2-6-16-12)20(18,19)17-10-5-4-8(13)7-9(10)14/h2-7,17H,1H3,(H,15,16). The lowest BCUT2D eigenvalue weighted by Gasteiger charge is -2.11. The van der Waals surface area contributed by atoms with Gasteiger partial charge in [-0.2, -0.15) is 0 Å². The third-order valence-electron chi connectivity index (χ3n) is 2.47. The van der Waals surface area contributed by atoms with Crippen molar-refractivity contribution in [1.82, 2.24) is 4.98 Å². The molecule has 0 amide bonds. The van der Waals surface area contributed by atoms with Crippen molar-refractivity contribution < 1.29 is 12.8 Å². The van der Waals surface area contributed by atoms with E-state index in [1.54, 1.807) is 7.05 Å². The number of sulfonamides is 1. The maximum absolute atomic E-state index is 13.6. The summed E-state index contributed by atoms with van der Waals surface area (Å²) in [5, 5.41) is 2.85. The van der Waals surface area contributed by atoms with Gasteiger partial charge >= 0.3 is 0 Å². The molecule has 2 N–H and O–H groups in total. The Balaban J connectivity index is 2.41. The molecular weight excluding hydrogens is 305 g/mol. The van der Waals surface area contributed by atoms with Crippen LogP contribution in [0.3, 0.4) is 0 Å². The monoisotopic (exact) mass is 315 g/mol. The van der Waals surface area contributed by atoms with E-state index in [1.807, 2.05) is 0 Å². The number of hydrogen-bond donors (Lipinski definition) is 2. The molecular formula is C12H11ClFN3O2S. The van der Waals surface area contributed by atoms with Crippen molar-refractivity contribution in [3.8, 4) is 0 Å². The molecule has 1 aromatic carbocycles. The molecule has 8 heteroatoms. The van der Waals surface area contributed by atoms with E-state index in [4.69, 9.17) is 11.6 Å². The normalized spacial score (nSPS) is 11.2. The molecule has 0 spiro atoms. The Morgan fingerprint density at radius 3 is 2.70 bits per heavy atom. The first-order valence-corrected chi connectivity index (χ1v) is 7.41. The first-order valence-electron chi connectivity index (χ1n) is 5.54. The highest BCUT2D eigenvalue weighted by Crippen LogP contribution is 2.24. The molecule has 106 valence electrons. The summed E-state index contributed by atoms with van der Waals surface area (Å²) in [5.41, 5.74) is -0.180. The molecule has 1 heterocycles. The van der Waals surface area contributed by atoms with E-state index in [1.165, 1.54) is 30.5 Å². The van der Waals surface area contributed by atoms with Crippen LogP contribution < -0.4 is 10.0 Å². The van der Waals surface area contributed by atoms with Crippen molar-refractivity contribution in [1.29, 1.82) is 0 Å². The average Bonchev–Trinajstić information content (AvgIpc) is 2.42. The highest BCUT2D eigenvalue weighted by molar-refractivity contribution is 7.92. The van der Waals surface area contributed by atoms with Crippen LogP contribution in [0.5, 0.6) is 0 Å². The summed E-state index contributed by atoms with van der Waals surface area (Å²) in [6, 6.07) is 6.53. The summed E-state index contributed by atoms with van der Waals surface area (Å²) in [5.74, 6) is -0.578. The SMILES string of the molecule is CNc1ncccc1S(=O)(=O)Nc1ccc(Cl)cc1F. The van der Waals surface area contributed by atoms with E-state index < -0.39 is 15.8 Å². The lowest BCUT2D eigenvalue weighted by atomic mass is 10.3. The Kier molecular flexibility index (Phi) is 4.10. The van der Waals surface area contributed by atoms with Gasteiger partial charge in [-0.1, -0.05) is 11.6 Å². The number of aromatic nitrogens is 1. The quantitative estimate of drug-likeness (QED) is 0.910. The minimum absolute atomic E-state index is 0.0724. The summed E-state index contributed by atoms with van der Waals surface area (Å²) in [6.45, 7) is 0. The second-order valence-electron chi connectivity index (χ2n) is 3.83. The van der Waals surface area contributed by atoms with Crippen LogP contribution in [0.15, 0.2) is 41.4 Å². The highest BCUT2D eigenvalue weighted by Gasteiger charge is 2.20. The van der Waals surface area contributed by atoms with Crippen molar-refractivity contribution in [2.45, 2.75) is 4.90 Å². The zero-order valence-corrected chi connectivity index (χ0v) is 12.0. The van der Waals surface area contributed by atoms with Gasteiger partial charge in [0.05, 0.1) is 5.69 Å². The van der Waals surface area contributed by atoms with Crippen LogP contribution in [-0.2, 0) is 10.0 Å². The summed E-state index contributed by atoms with van der Waals surface area (Å²) in [6.07, 6.45) is 1.45. The Morgan fingerprint density at radius 2 is 2.05 bits per heavy atom. The van der Waals surface area contributed by atoms with E-state index in [-0.39, 0.29) is 21.4 Å². The lowest BCUT2D eigenvalue weighted by molar-refractivity contribution is 0.598. The van der Waals surface area contributed by atoms with E-state index >= 15 is 0 Å². The van der Waals surface area contributed by atoms with Crippen LogP contribution in [0.1, 0.15) is 0 Å². The zero-order chi connectivity index (χ0) is 14.8. The number of halogens is 2. The number of hydrogen-bond acceptors (Lipinski definition) is 4. The van der Waals surface area contributed by atoms with E-state index in [2.05, 4.69) is 15.0 Å². The summed E-state index contributed by atoms with van der Waals surface area (Å²) in [7, 11) is -2.40. The van der Waals surface area contributed by atoms with Gasteiger partial charge in [-0.05, 0) is 30.3 Å². The molecule has 0 saturated carbocycles. The Labute approximate surface area is 120 Å². The van der Waals surface area contributed by atoms with Crippen molar-refractivity contribution >= 4 is 33.1 Å². The molecule has 0 aliphatic heterocycles. The summed E-state index contributed by atoms with van der Waals surface area (Å²) < 4.78 is 40.3. The number of anilines is 2. The van der Waals surface area contributed by atoms with Gasteiger partial charge in [0.15, 0.2) is 0 Å². The molecule has 5 nitrogen and oxygen atoms in total.